The lowest BCUT2D eigenvalue weighted by Gasteiger charge is -2.30. The van der Waals surface area contributed by atoms with Crippen LogP contribution >= 0.6 is 0 Å². The van der Waals surface area contributed by atoms with Crippen molar-refractivity contribution in [2.75, 3.05) is 18.1 Å². The Morgan fingerprint density at radius 3 is 2.74 bits per heavy atom. The number of nitrogens with zero attached hydrogens (tertiary/aromatic N) is 3. The van der Waals surface area contributed by atoms with E-state index in [2.05, 4.69) is 5.10 Å². The molecule has 1 aromatic heterocycles. The second kappa shape index (κ2) is 5.33. The van der Waals surface area contributed by atoms with Crippen molar-refractivity contribution in [3.63, 3.8) is 0 Å². The number of carbonyl (C=O) groups is 1. The van der Waals surface area contributed by atoms with E-state index in [1.54, 1.807) is 4.68 Å². The van der Waals surface area contributed by atoms with Crippen LogP contribution in [0.3, 0.4) is 0 Å². The van der Waals surface area contributed by atoms with Crippen LogP contribution in [0, 0.1) is 5.92 Å². The molecule has 1 atom stereocenters. The minimum Gasteiger partial charge on any atom is -0.333 e. The SMILES string of the molecule is Cn1nc2c(c1C(=O)N1CCCS(=O)(=O)CC1C1CC1)CCC2. The van der Waals surface area contributed by atoms with Crippen molar-refractivity contribution < 1.29 is 13.2 Å². The molecule has 1 aromatic rings. The minimum atomic E-state index is -3.05. The van der Waals surface area contributed by atoms with Gasteiger partial charge in [0, 0.05) is 25.2 Å². The van der Waals surface area contributed by atoms with E-state index in [1.165, 1.54) is 0 Å². The normalized spacial score (nSPS) is 26.8. The third-order valence-electron chi connectivity index (χ3n) is 5.38. The Hall–Kier alpha value is -1.37. The Kier molecular flexibility index (Phi) is 3.51. The van der Waals surface area contributed by atoms with E-state index >= 15 is 0 Å². The summed E-state index contributed by atoms with van der Waals surface area (Å²) in [5, 5.41) is 4.50. The molecule has 1 aliphatic heterocycles. The molecule has 1 saturated carbocycles. The van der Waals surface area contributed by atoms with Crippen LogP contribution in [0.1, 0.15) is 47.4 Å². The van der Waals surface area contributed by atoms with E-state index < -0.39 is 9.84 Å². The molecular weight excluding hydrogens is 314 g/mol. The fourth-order valence-electron chi connectivity index (χ4n) is 4.10. The first-order valence-electron chi connectivity index (χ1n) is 8.52. The van der Waals surface area contributed by atoms with Gasteiger partial charge in [-0.3, -0.25) is 9.48 Å². The highest BCUT2D eigenvalue weighted by Gasteiger charge is 2.43. The quantitative estimate of drug-likeness (QED) is 0.805. The highest BCUT2D eigenvalue weighted by molar-refractivity contribution is 7.91. The molecule has 3 aliphatic rings. The van der Waals surface area contributed by atoms with Crippen LogP contribution in [0.15, 0.2) is 0 Å². The highest BCUT2D eigenvalue weighted by Crippen LogP contribution is 2.38. The zero-order valence-corrected chi connectivity index (χ0v) is 14.3. The lowest BCUT2D eigenvalue weighted by Crippen LogP contribution is -2.45. The van der Waals surface area contributed by atoms with Gasteiger partial charge in [0.05, 0.1) is 17.2 Å². The van der Waals surface area contributed by atoms with Gasteiger partial charge in [0.2, 0.25) is 0 Å². The van der Waals surface area contributed by atoms with Crippen molar-refractivity contribution in [2.24, 2.45) is 13.0 Å². The molecule has 1 saturated heterocycles. The fourth-order valence-corrected chi connectivity index (χ4v) is 5.81. The van der Waals surface area contributed by atoms with Gasteiger partial charge in [-0.05, 0) is 44.4 Å². The Labute approximate surface area is 136 Å². The van der Waals surface area contributed by atoms with Gasteiger partial charge < -0.3 is 4.90 Å². The number of rotatable bonds is 2. The summed E-state index contributed by atoms with van der Waals surface area (Å²) in [5.41, 5.74) is 2.81. The molecule has 0 aromatic carbocycles. The summed E-state index contributed by atoms with van der Waals surface area (Å²) in [6, 6.07) is -0.151. The van der Waals surface area contributed by atoms with Gasteiger partial charge in [-0.1, -0.05) is 0 Å². The number of amides is 1. The van der Waals surface area contributed by atoms with Crippen LogP contribution in [0.4, 0.5) is 0 Å². The molecule has 1 unspecified atom stereocenters. The first-order chi connectivity index (χ1) is 11.0. The van der Waals surface area contributed by atoms with Gasteiger partial charge in [0.15, 0.2) is 9.84 Å². The van der Waals surface area contributed by atoms with E-state index in [0.717, 1.165) is 43.4 Å². The van der Waals surface area contributed by atoms with Crippen molar-refractivity contribution in [2.45, 2.75) is 44.6 Å². The van der Waals surface area contributed by atoms with Crippen LogP contribution in [0.2, 0.25) is 0 Å². The standard InChI is InChI=1S/C16H23N3O3S/c1-18-15(12-4-2-5-13(12)17-18)16(20)19-8-3-9-23(21,22)10-14(19)11-6-7-11/h11,14H,2-10H2,1H3. The van der Waals surface area contributed by atoms with Gasteiger partial charge in [0.25, 0.3) is 5.91 Å². The first kappa shape index (κ1) is 15.2. The van der Waals surface area contributed by atoms with Gasteiger partial charge >= 0.3 is 0 Å². The molecule has 7 heteroatoms. The molecule has 2 fully saturated rings. The van der Waals surface area contributed by atoms with E-state index in [0.29, 0.717) is 24.6 Å². The predicted molar refractivity (Wildman–Crippen MR) is 86.1 cm³/mol. The lowest BCUT2D eigenvalue weighted by atomic mass is 10.1. The largest absolute Gasteiger partial charge is 0.333 e. The number of sulfone groups is 1. The average Bonchev–Trinajstić information content (AvgIpc) is 3.17. The summed E-state index contributed by atoms with van der Waals surface area (Å²) in [4.78, 5) is 15.1. The Balaban J connectivity index is 1.69. The van der Waals surface area contributed by atoms with Crippen molar-refractivity contribution >= 4 is 15.7 Å². The van der Waals surface area contributed by atoms with Crippen molar-refractivity contribution in [3.05, 3.63) is 17.0 Å². The number of fused-ring (bicyclic) bond motifs is 1. The molecule has 0 bridgehead atoms. The maximum Gasteiger partial charge on any atom is 0.272 e. The van der Waals surface area contributed by atoms with Crippen LogP contribution < -0.4 is 0 Å². The molecule has 6 nitrogen and oxygen atoms in total. The zero-order chi connectivity index (χ0) is 16.2. The van der Waals surface area contributed by atoms with Crippen molar-refractivity contribution in [1.82, 2.24) is 14.7 Å². The maximum absolute atomic E-state index is 13.2. The van der Waals surface area contributed by atoms with E-state index in [4.69, 9.17) is 0 Å². The number of carbonyl (C=O) groups excluding carboxylic acids is 1. The molecule has 126 valence electrons. The second-order valence-electron chi connectivity index (χ2n) is 7.12. The van der Waals surface area contributed by atoms with Crippen LogP contribution in [0.5, 0.6) is 0 Å². The smallest absolute Gasteiger partial charge is 0.272 e. The minimum absolute atomic E-state index is 0.0165. The van der Waals surface area contributed by atoms with E-state index in [-0.39, 0.29) is 23.5 Å². The predicted octanol–water partition coefficient (Wildman–Crippen LogP) is 0.948. The highest BCUT2D eigenvalue weighted by atomic mass is 32.2. The topological polar surface area (TPSA) is 72.3 Å². The maximum atomic E-state index is 13.2. The Morgan fingerprint density at radius 1 is 1.22 bits per heavy atom. The molecule has 0 radical (unpaired) electrons. The summed E-state index contributed by atoms with van der Waals surface area (Å²) in [7, 11) is -1.22. The summed E-state index contributed by atoms with van der Waals surface area (Å²) >= 11 is 0. The number of aryl methyl sites for hydroxylation is 2. The fraction of sp³-hybridized carbons (Fsp3) is 0.750. The molecule has 4 rings (SSSR count). The Bertz CT molecular complexity index is 749. The van der Waals surface area contributed by atoms with E-state index in [1.807, 2.05) is 11.9 Å². The lowest BCUT2D eigenvalue weighted by molar-refractivity contribution is 0.0668. The van der Waals surface area contributed by atoms with Crippen LogP contribution in [0.25, 0.3) is 0 Å². The summed E-state index contributed by atoms with van der Waals surface area (Å²) in [6.07, 6.45) is 5.51. The number of hydrogen-bond donors (Lipinski definition) is 0. The second-order valence-corrected chi connectivity index (χ2v) is 9.35. The monoisotopic (exact) mass is 337 g/mol. The van der Waals surface area contributed by atoms with Crippen LogP contribution in [-0.2, 0) is 29.7 Å². The molecule has 0 spiro atoms. The number of hydrogen-bond acceptors (Lipinski definition) is 4. The Morgan fingerprint density at radius 2 is 2.00 bits per heavy atom. The molecule has 2 heterocycles. The molecule has 2 aliphatic carbocycles. The zero-order valence-electron chi connectivity index (χ0n) is 13.5. The van der Waals surface area contributed by atoms with Crippen LogP contribution in [-0.4, -0.2) is 53.1 Å². The summed E-state index contributed by atoms with van der Waals surface area (Å²) in [5.74, 6) is 0.665. The molecule has 1 amide bonds. The average molecular weight is 337 g/mol. The molecule has 0 N–H and O–H groups in total. The van der Waals surface area contributed by atoms with Crippen molar-refractivity contribution in [1.29, 1.82) is 0 Å². The van der Waals surface area contributed by atoms with Crippen molar-refractivity contribution in [3.8, 4) is 0 Å². The molecule has 23 heavy (non-hydrogen) atoms. The van der Waals surface area contributed by atoms with Gasteiger partial charge in [0.1, 0.15) is 5.69 Å². The third-order valence-corrected chi connectivity index (χ3v) is 7.14. The van der Waals surface area contributed by atoms with Gasteiger partial charge in [-0.25, -0.2) is 8.42 Å². The van der Waals surface area contributed by atoms with Gasteiger partial charge in [-0.15, -0.1) is 0 Å². The summed E-state index contributed by atoms with van der Waals surface area (Å²) < 4.78 is 26.0. The van der Waals surface area contributed by atoms with Gasteiger partial charge in [-0.2, -0.15) is 5.10 Å². The first-order valence-corrected chi connectivity index (χ1v) is 10.3. The number of aromatic nitrogens is 2. The summed E-state index contributed by atoms with van der Waals surface area (Å²) in [6.45, 7) is 0.541. The van der Waals surface area contributed by atoms with E-state index in [9.17, 15) is 13.2 Å². The third kappa shape index (κ3) is 2.69. The molecular formula is C16H23N3O3S.